The van der Waals surface area contributed by atoms with Crippen LogP contribution >= 0.6 is 11.8 Å². The van der Waals surface area contributed by atoms with E-state index in [-0.39, 0.29) is 29.5 Å². The molecule has 3 aromatic rings. The van der Waals surface area contributed by atoms with Crippen molar-refractivity contribution in [3.63, 3.8) is 0 Å². The van der Waals surface area contributed by atoms with Gasteiger partial charge in [-0.25, -0.2) is 4.79 Å². The van der Waals surface area contributed by atoms with Crippen molar-refractivity contribution in [3.05, 3.63) is 101 Å². The highest BCUT2D eigenvalue weighted by molar-refractivity contribution is 7.99. The Balaban J connectivity index is 1.45. The van der Waals surface area contributed by atoms with Crippen molar-refractivity contribution in [2.24, 2.45) is 0 Å². The molecule has 0 saturated carbocycles. The molecule has 3 atom stereocenters. The van der Waals surface area contributed by atoms with Gasteiger partial charge in [0.1, 0.15) is 17.4 Å². The number of hydrogen-bond donors (Lipinski definition) is 3. The van der Waals surface area contributed by atoms with Crippen LogP contribution in [0.25, 0.3) is 0 Å². The van der Waals surface area contributed by atoms with Gasteiger partial charge in [0, 0.05) is 12.3 Å². The molecule has 10 nitrogen and oxygen atoms in total. The second kappa shape index (κ2) is 15.4. The number of aliphatic hydroxyl groups excluding tert-OH is 1. The lowest BCUT2D eigenvalue weighted by molar-refractivity contribution is -0.146. The predicted molar refractivity (Wildman–Crippen MR) is 167 cm³/mol. The zero-order chi connectivity index (χ0) is 31.6. The number of aryl methyl sites for hydroxylation is 2. The molecule has 44 heavy (non-hydrogen) atoms. The number of esters is 1. The van der Waals surface area contributed by atoms with Crippen LogP contribution in [0.15, 0.2) is 72.8 Å². The molecule has 0 aromatic heterocycles. The Morgan fingerprint density at radius 2 is 1.68 bits per heavy atom. The van der Waals surface area contributed by atoms with Gasteiger partial charge in [-0.1, -0.05) is 66.7 Å². The van der Waals surface area contributed by atoms with Crippen molar-refractivity contribution in [3.8, 4) is 5.75 Å². The molecule has 1 heterocycles. The fourth-order valence-electron chi connectivity index (χ4n) is 4.94. The van der Waals surface area contributed by atoms with Crippen LogP contribution in [0.1, 0.15) is 32.6 Å². The smallest absolute Gasteiger partial charge is 0.341 e. The predicted octanol–water partition coefficient (Wildman–Crippen LogP) is 2.78. The van der Waals surface area contributed by atoms with Gasteiger partial charge in [0.15, 0.2) is 12.7 Å². The molecule has 1 aliphatic rings. The molecule has 0 aliphatic carbocycles. The second-order valence-corrected chi connectivity index (χ2v) is 11.5. The molecule has 1 fully saturated rings. The molecule has 0 bridgehead atoms. The number of carbonyl (C=O) groups excluding carboxylic acids is 4. The molecule has 11 heteroatoms. The van der Waals surface area contributed by atoms with Crippen LogP contribution in [-0.4, -0.2) is 77.2 Å². The summed E-state index contributed by atoms with van der Waals surface area (Å²) in [5.41, 5.74) is 3.62. The number of benzene rings is 3. The Bertz CT molecular complexity index is 1480. The summed E-state index contributed by atoms with van der Waals surface area (Å²) in [5.74, 6) is -1.33. The molecule has 3 aromatic carbocycles. The number of nitrogens with zero attached hydrogens (tertiary/aromatic N) is 1. The number of nitrogens with one attached hydrogen (secondary N) is 2. The third-order valence-corrected chi connectivity index (χ3v) is 8.44. The summed E-state index contributed by atoms with van der Waals surface area (Å²) in [5, 5.41) is 17.0. The van der Waals surface area contributed by atoms with Crippen molar-refractivity contribution >= 4 is 35.5 Å². The molecule has 0 unspecified atom stereocenters. The molecule has 0 radical (unpaired) electrons. The van der Waals surface area contributed by atoms with Crippen LogP contribution in [0.3, 0.4) is 0 Å². The van der Waals surface area contributed by atoms with E-state index in [4.69, 9.17) is 9.47 Å². The largest absolute Gasteiger partial charge is 0.483 e. The van der Waals surface area contributed by atoms with Gasteiger partial charge in [-0.2, -0.15) is 0 Å². The molecule has 4 rings (SSSR count). The molecular weight excluding hydrogens is 582 g/mol. The summed E-state index contributed by atoms with van der Waals surface area (Å²) >= 11 is 1.42. The molecule has 1 aliphatic heterocycles. The molecule has 3 N–H and O–H groups in total. The van der Waals surface area contributed by atoms with Crippen molar-refractivity contribution in [2.45, 2.75) is 45.0 Å². The summed E-state index contributed by atoms with van der Waals surface area (Å²) in [6.07, 6.45) is -1.48. The number of para-hydroxylation sites is 1. The van der Waals surface area contributed by atoms with E-state index in [2.05, 4.69) is 10.6 Å². The fraction of sp³-hybridized carbons (Fsp3) is 0.333. The fourth-order valence-corrected chi connectivity index (χ4v) is 6.10. The highest BCUT2D eigenvalue weighted by Gasteiger charge is 2.40. The highest BCUT2D eigenvalue weighted by Crippen LogP contribution is 2.25. The summed E-state index contributed by atoms with van der Waals surface area (Å²) in [7, 11) is 1.25. The first-order chi connectivity index (χ1) is 21.2. The van der Waals surface area contributed by atoms with Gasteiger partial charge in [-0.05, 0) is 48.6 Å². The third-order valence-electron chi connectivity index (χ3n) is 7.43. The van der Waals surface area contributed by atoms with E-state index in [0.717, 1.165) is 16.7 Å². The van der Waals surface area contributed by atoms with Gasteiger partial charge >= 0.3 is 5.97 Å². The summed E-state index contributed by atoms with van der Waals surface area (Å²) in [6.45, 7) is 3.55. The average Bonchev–Trinajstić information content (AvgIpc) is 3.53. The Labute approximate surface area is 261 Å². The summed E-state index contributed by atoms with van der Waals surface area (Å²) in [4.78, 5) is 53.4. The van der Waals surface area contributed by atoms with Crippen LogP contribution in [0.4, 0.5) is 0 Å². The maximum absolute atomic E-state index is 13.6. The van der Waals surface area contributed by atoms with E-state index in [0.29, 0.717) is 17.9 Å². The third kappa shape index (κ3) is 8.18. The summed E-state index contributed by atoms with van der Waals surface area (Å²) < 4.78 is 10.5. The number of rotatable bonds is 12. The Kier molecular flexibility index (Phi) is 11.4. The van der Waals surface area contributed by atoms with Crippen LogP contribution in [0.5, 0.6) is 5.75 Å². The van der Waals surface area contributed by atoms with E-state index in [9.17, 15) is 24.3 Å². The van der Waals surface area contributed by atoms with Gasteiger partial charge in [-0.3, -0.25) is 14.4 Å². The molecule has 232 valence electrons. The number of methoxy groups -OCH3 is 1. The molecule has 1 saturated heterocycles. The number of hydrogen-bond acceptors (Lipinski definition) is 8. The minimum atomic E-state index is -1.63. The lowest BCUT2D eigenvalue weighted by atomic mass is 9.99. The van der Waals surface area contributed by atoms with E-state index in [1.54, 1.807) is 19.1 Å². The van der Waals surface area contributed by atoms with Gasteiger partial charge in [-0.15, -0.1) is 11.8 Å². The van der Waals surface area contributed by atoms with Gasteiger partial charge in [0.2, 0.25) is 5.91 Å². The molecule has 3 amide bonds. The van der Waals surface area contributed by atoms with E-state index in [1.165, 1.54) is 29.8 Å². The monoisotopic (exact) mass is 619 g/mol. The van der Waals surface area contributed by atoms with Crippen LogP contribution in [-0.2, 0) is 32.1 Å². The maximum atomic E-state index is 13.6. The zero-order valence-electron chi connectivity index (χ0n) is 24.9. The van der Waals surface area contributed by atoms with E-state index >= 15 is 0 Å². The second-order valence-electron chi connectivity index (χ2n) is 10.5. The van der Waals surface area contributed by atoms with Gasteiger partial charge in [0.25, 0.3) is 11.8 Å². The van der Waals surface area contributed by atoms with E-state index < -0.39 is 42.6 Å². The standard InChI is InChI=1S/C33H37N3O7S/c1-21-10-7-8-14-24(21)17-34-31(39)27-19-44-20-36(27)32(40)29(38)26(16-23-12-5-4-6-13-23)35-28(37)18-43-30-22(2)11-9-15-25(30)33(41)42-3/h4-15,26-27,29,38H,16-20H2,1-3H3,(H,34,39)(H,35,37)/t26-,27-,29-/m0/s1. The first-order valence-electron chi connectivity index (χ1n) is 14.2. The minimum Gasteiger partial charge on any atom is -0.483 e. The number of carbonyl (C=O) groups is 4. The maximum Gasteiger partial charge on any atom is 0.341 e. The average molecular weight is 620 g/mol. The lowest BCUT2D eigenvalue weighted by Crippen LogP contribution is -2.56. The number of thioether (sulfide) groups is 1. The Morgan fingerprint density at radius 1 is 0.977 bits per heavy atom. The lowest BCUT2D eigenvalue weighted by Gasteiger charge is -2.30. The quantitative estimate of drug-likeness (QED) is 0.264. The number of aliphatic hydroxyl groups is 1. The van der Waals surface area contributed by atoms with Crippen LogP contribution in [0.2, 0.25) is 0 Å². The van der Waals surface area contributed by atoms with Crippen molar-refractivity contribution in [2.75, 3.05) is 25.3 Å². The number of amides is 3. The topological polar surface area (TPSA) is 134 Å². The molecule has 0 spiro atoms. The van der Waals surface area contributed by atoms with Crippen molar-refractivity contribution < 1.29 is 33.8 Å². The van der Waals surface area contributed by atoms with Gasteiger partial charge < -0.3 is 30.1 Å². The first-order valence-corrected chi connectivity index (χ1v) is 15.4. The van der Waals surface area contributed by atoms with Crippen LogP contribution < -0.4 is 15.4 Å². The van der Waals surface area contributed by atoms with E-state index in [1.807, 2.05) is 61.5 Å². The number of ether oxygens (including phenoxy) is 2. The van der Waals surface area contributed by atoms with Crippen molar-refractivity contribution in [1.29, 1.82) is 0 Å². The van der Waals surface area contributed by atoms with Crippen molar-refractivity contribution in [1.82, 2.24) is 15.5 Å². The minimum absolute atomic E-state index is 0.155. The Hall–Kier alpha value is -4.35. The molecular formula is C33H37N3O7S. The SMILES string of the molecule is COC(=O)c1cccc(C)c1OCC(=O)N[C@@H](Cc1ccccc1)[C@H](O)C(=O)N1CSC[C@H]1C(=O)NCc1ccccc1C. The zero-order valence-corrected chi connectivity index (χ0v) is 25.8. The summed E-state index contributed by atoms with van der Waals surface area (Å²) in [6, 6.07) is 20.0. The van der Waals surface area contributed by atoms with Crippen LogP contribution in [0, 0.1) is 13.8 Å². The first kappa shape index (κ1) is 32.6. The normalized spacial score (nSPS) is 15.6. The van der Waals surface area contributed by atoms with Gasteiger partial charge in [0.05, 0.1) is 19.0 Å². The highest BCUT2D eigenvalue weighted by atomic mass is 32.2. The Morgan fingerprint density at radius 3 is 2.41 bits per heavy atom.